The van der Waals surface area contributed by atoms with E-state index >= 15 is 0 Å². The van der Waals surface area contributed by atoms with Crippen LogP contribution in [0.1, 0.15) is 0 Å². The maximum atomic E-state index is 12.2. The van der Waals surface area contributed by atoms with Gasteiger partial charge in [0, 0.05) is 10.3 Å². The average Bonchev–Trinajstić information content (AvgIpc) is 2.90. The minimum atomic E-state index is -0.291. The zero-order valence-electron chi connectivity index (χ0n) is 10.6. The smallest absolute Gasteiger partial charge is 0.360 e. The Bertz CT molecular complexity index is 856. The van der Waals surface area contributed by atoms with Crippen LogP contribution in [0.25, 0.3) is 11.0 Å². The summed E-state index contributed by atoms with van der Waals surface area (Å²) in [5, 5.41) is 0.941. The van der Waals surface area contributed by atoms with Crippen molar-refractivity contribution in [1.82, 2.24) is 0 Å². The third-order valence-electron chi connectivity index (χ3n) is 3.42. The van der Waals surface area contributed by atoms with Crippen LogP contribution in [0.4, 0.5) is 11.4 Å². The topological polar surface area (TPSA) is 33.5 Å². The lowest BCUT2D eigenvalue weighted by Crippen LogP contribution is -2.19. The minimum Gasteiger partial charge on any atom is -0.421 e. The normalized spacial score (nSPS) is 13.7. The summed E-state index contributed by atoms with van der Waals surface area (Å²) in [6.07, 6.45) is 0. The number of rotatable bonds is 1. The molecule has 0 fully saturated rings. The highest BCUT2D eigenvalue weighted by Crippen LogP contribution is 2.41. The van der Waals surface area contributed by atoms with E-state index in [-0.39, 0.29) is 5.63 Å². The van der Waals surface area contributed by atoms with Gasteiger partial charge in [-0.1, -0.05) is 30.3 Å². The molecule has 0 atom stereocenters. The van der Waals surface area contributed by atoms with Gasteiger partial charge in [0.2, 0.25) is 0 Å². The lowest BCUT2D eigenvalue weighted by atomic mass is 10.2. The SMILES string of the molecule is O=c1oc2ccccc2cc1N1CSc2ccccc21. The minimum absolute atomic E-state index is 0.291. The fourth-order valence-corrected chi connectivity index (χ4v) is 3.49. The number of thioether (sulfide) groups is 1. The van der Waals surface area contributed by atoms with Crippen molar-refractivity contribution in [3.05, 3.63) is 65.0 Å². The van der Waals surface area contributed by atoms with E-state index in [2.05, 4.69) is 6.07 Å². The molecule has 4 heteroatoms. The molecule has 20 heavy (non-hydrogen) atoms. The first-order valence-corrected chi connectivity index (χ1v) is 7.34. The largest absolute Gasteiger partial charge is 0.421 e. The zero-order valence-corrected chi connectivity index (χ0v) is 11.4. The van der Waals surface area contributed by atoms with Crippen molar-refractivity contribution in [2.75, 3.05) is 10.8 Å². The van der Waals surface area contributed by atoms with Crippen LogP contribution in [0, 0.1) is 0 Å². The first kappa shape index (κ1) is 11.6. The molecule has 2 aromatic carbocycles. The molecule has 1 aliphatic heterocycles. The molecule has 0 aliphatic carbocycles. The number of hydrogen-bond acceptors (Lipinski definition) is 4. The Kier molecular flexibility index (Phi) is 2.57. The Labute approximate surface area is 119 Å². The molecule has 0 spiro atoms. The summed E-state index contributed by atoms with van der Waals surface area (Å²) in [5.41, 5.74) is 2.00. The maximum Gasteiger partial charge on any atom is 0.360 e. The predicted molar refractivity (Wildman–Crippen MR) is 81.8 cm³/mol. The number of benzene rings is 2. The average molecular weight is 281 g/mol. The van der Waals surface area contributed by atoms with Crippen molar-refractivity contribution in [2.24, 2.45) is 0 Å². The highest BCUT2D eigenvalue weighted by Gasteiger charge is 2.23. The molecule has 4 rings (SSSR count). The third kappa shape index (κ3) is 1.72. The third-order valence-corrected chi connectivity index (χ3v) is 4.46. The van der Waals surface area contributed by atoms with Crippen LogP contribution in [0.3, 0.4) is 0 Å². The van der Waals surface area contributed by atoms with Crippen LogP contribution in [-0.4, -0.2) is 5.88 Å². The second-order valence-electron chi connectivity index (χ2n) is 4.63. The molecular weight excluding hydrogens is 270 g/mol. The van der Waals surface area contributed by atoms with Gasteiger partial charge in [0.25, 0.3) is 0 Å². The van der Waals surface area contributed by atoms with E-state index in [1.54, 1.807) is 11.8 Å². The molecule has 0 N–H and O–H groups in total. The van der Waals surface area contributed by atoms with Gasteiger partial charge in [-0.15, -0.1) is 11.8 Å². The number of hydrogen-bond donors (Lipinski definition) is 0. The van der Waals surface area contributed by atoms with E-state index in [9.17, 15) is 4.79 Å². The molecule has 0 saturated carbocycles. The van der Waals surface area contributed by atoms with Gasteiger partial charge < -0.3 is 9.32 Å². The van der Waals surface area contributed by atoms with E-state index in [4.69, 9.17) is 4.42 Å². The van der Waals surface area contributed by atoms with Crippen LogP contribution < -0.4 is 10.5 Å². The highest BCUT2D eigenvalue weighted by atomic mass is 32.2. The van der Waals surface area contributed by atoms with Crippen molar-refractivity contribution < 1.29 is 4.42 Å². The molecular formula is C16H11NO2S. The summed E-state index contributed by atoms with van der Waals surface area (Å²) < 4.78 is 5.41. The second-order valence-corrected chi connectivity index (χ2v) is 5.61. The Morgan fingerprint density at radius 2 is 1.80 bits per heavy atom. The molecule has 0 saturated heterocycles. The van der Waals surface area contributed by atoms with Crippen molar-refractivity contribution >= 4 is 34.1 Å². The molecule has 0 amide bonds. The first-order chi connectivity index (χ1) is 9.83. The van der Waals surface area contributed by atoms with Crippen LogP contribution in [-0.2, 0) is 0 Å². The van der Waals surface area contributed by atoms with E-state index in [0.29, 0.717) is 11.3 Å². The van der Waals surface area contributed by atoms with Crippen molar-refractivity contribution in [1.29, 1.82) is 0 Å². The molecule has 0 unspecified atom stereocenters. The summed E-state index contributed by atoms with van der Waals surface area (Å²) in [6.45, 7) is 0. The van der Waals surface area contributed by atoms with Gasteiger partial charge in [0.05, 0.1) is 11.6 Å². The van der Waals surface area contributed by atoms with Crippen molar-refractivity contribution in [3.8, 4) is 0 Å². The van der Waals surface area contributed by atoms with E-state index < -0.39 is 0 Å². The van der Waals surface area contributed by atoms with Gasteiger partial charge in [-0.2, -0.15) is 0 Å². The monoisotopic (exact) mass is 281 g/mol. The summed E-state index contributed by atoms with van der Waals surface area (Å²) >= 11 is 1.73. The number of nitrogens with zero attached hydrogens (tertiary/aromatic N) is 1. The molecule has 2 heterocycles. The summed E-state index contributed by atoms with van der Waals surface area (Å²) in [4.78, 5) is 15.4. The quantitative estimate of drug-likeness (QED) is 0.631. The fourth-order valence-electron chi connectivity index (χ4n) is 2.44. The molecule has 0 bridgehead atoms. The lowest BCUT2D eigenvalue weighted by molar-refractivity contribution is 0.561. The number of anilines is 2. The number of fused-ring (bicyclic) bond motifs is 2. The molecule has 3 nitrogen and oxygen atoms in total. The standard InChI is InChI=1S/C16H11NO2S/c18-16-13(9-11-5-1-3-7-14(11)19-16)17-10-20-15-8-4-2-6-12(15)17/h1-9H,10H2. The molecule has 0 radical (unpaired) electrons. The fraction of sp³-hybridized carbons (Fsp3) is 0.0625. The van der Waals surface area contributed by atoms with Gasteiger partial charge in [0.1, 0.15) is 11.3 Å². The molecule has 1 aliphatic rings. The molecule has 3 aromatic rings. The van der Waals surface area contributed by atoms with Gasteiger partial charge in [-0.25, -0.2) is 4.79 Å². The van der Waals surface area contributed by atoms with E-state index in [1.165, 1.54) is 4.90 Å². The summed E-state index contributed by atoms with van der Waals surface area (Å²) in [7, 11) is 0. The first-order valence-electron chi connectivity index (χ1n) is 6.35. The molecule has 98 valence electrons. The van der Waals surface area contributed by atoms with Gasteiger partial charge in [-0.3, -0.25) is 0 Å². The van der Waals surface area contributed by atoms with Crippen LogP contribution in [0.5, 0.6) is 0 Å². The van der Waals surface area contributed by atoms with Gasteiger partial charge >= 0.3 is 5.63 Å². The predicted octanol–water partition coefficient (Wildman–Crippen LogP) is 3.99. The Morgan fingerprint density at radius 1 is 1.00 bits per heavy atom. The van der Waals surface area contributed by atoms with Crippen LogP contribution >= 0.6 is 11.8 Å². The Morgan fingerprint density at radius 3 is 2.75 bits per heavy atom. The lowest BCUT2D eigenvalue weighted by Gasteiger charge is -2.17. The van der Waals surface area contributed by atoms with Gasteiger partial charge in [-0.05, 0) is 24.3 Å². The molecule has 1 aromatic heterocycles. The summed E-state index contributed by atoms with van der Waals surface area (Å²) in [6, 6.07) is 17.6. The van der Waals surface area contributed by atoms with Crippen LogP contribution in [0.2, 0.25) is 0 Å². The Hall–Kier alpha value is -2.20. The van der Waals surface area contributed by atoms with E-state index in [1.807, 2.05) is 53.4 Å². The number of para-hydroxylation sites is 2. The Balaban J connectivity index is 1.91. The van der Waals surface area contributed by atoms with Gasteiger partial charge in [0.15, 0.2) is 0 Å². The van der Waals surface area contributed by atoms with E-state index in [0.717, 1.165) is 17.0 Å². The van der Waals surface area contributed by atoms with Crippen molar-refractivity contribution in [2.45, 2.75) is 4.90 Å². The zero-order chi connectivity index (χ0) is 13.5. The van der Waals surface area contributed by atoms with Crippen molar-refractivity contribution in [3.63, 3.8) is 0 Å². The summed E-state index contributed by atoms with van der Waals surface area (Å²) in [5.74, 6) is 0.739. The highest BCUT2D eigenvalue weighted by molar-refractivity contribution is 7.99. The van der Waals surface area contributed by atoms with Crippen LogP contribution in [0.15, 0.2) is 68.7 Å². The maximum absolute atomic E-state index is 12.2. The second kappa shape index (κ2) is 4.42.